The maximum absolute atomic E-state index is 12.4. The second kappa shape index (κ2) is 8.55. The number of benzene rings is 2. The van der Waals surface area contributed by atoms with Gasteiger partial charge in [-0.15, -0.1) is 0 Å². The van der Waals surface area contributed by atoms with Crippen LogP contribution in [0.5, 0.6) is 0 Å². The number of rotatable bonds is 4. The number of amides is 1. The molecule has 156 valence electrons. The minimum absolute atomic E-state index is 0.125. The third kappa shape index (κ3) is 4.26. The van der Waals surface area contributed by atoms with Gasteiger partial charge in [0.2, 0.25) is 11.7 Å². The number of carbonyl (C=O) groups excluding carboxylic acids is 1. The first kappa shape index (κ1) is 19.2. The number of hydrogen-bond acceptors (Lipinski definition) is 6. The molecule has 0 bridgehead atoms. The molecule has 2 aromatic heterocycles. The fraction of sp³-hybridized carbons (Fsp3) is 0.250. The Hall–Kier alpha value is -3.74. The van der Waals surface area contributed by atoms with E-state index in [9.17, 15) is 4.79 Å². The highest BCUT2D eigenvalue weighted by Gasteiger charge is 2.28. The van der Waals surface area contributed by atoms with Crippen molar-refractivity contribution in [2.24, 2.45) is 0 Å². The summed E-state index contributed by atoms with van der Waals surface area (Å²) in [5.41, 5.74) is 2.57. The van der Waals surface area contributed by atoms with E-state index in [0.717, 1.165) is 29.3 Å². The smallest absolute Gasteiger partial charge is 0.410 e. The lowest BCUT2D eigenvalue weighted by Crippen LogP contribution is -2.38. The molecule has 1 aliphatic heterocycles. The SMILES string of the molecule is O=C(OCc1ccccc1)N1CCC(c2nc(-c3ccc4ccccc4n3)no2)CC1. The van der Waals surface area contributed by atoms with E-state index in [1.807, 2.05) is 66.7 Å². The van der Waals surface area contributed by atoms with Crippen LogP contribution in [0.1, 0.15) is 30.2 Å². The topological polar surface area (TPSA) is 81.4 Å². The van der Waals surface area contributed by atoms with Crippen molar-refractivity contribution in [1.29, 1.82) is 0 Å². The van der Waals surface area contributed by atoms with Crippen LogP contribution in [-0.4, -0.2) is 39.2 Å². The predicted molar refractivity (Wildman–Crippen MR) is 115 cm³/mol. The molecule has 7 heteroatoms. The first-order chi connectivity index (χ1) is 15.3. The Balaban J connectivity index is 1.19. The highest BCUT2D eigenvalue weighted by Crippen LogP contribution is 2.29. The summed E-state index contributed by atoms with van der Waals surface area (Å²) in [6.45, 7) is 1.49. The summed E-state index contributed by atoms with van der Waals surface area (Å²) in [5.74, 6) is 1.22. The third-order valence-electron chi connectivity index (χ3n) is 5.58. The van der Waals surface area contributed by atoms with Gasteiger partial charge in [-0.3, -0.25) is 0 Å². The first-order valence-corrected chi connectivity index (χ1v) is 10.4. The predicted octanol–water partition coefficient (Wildman–Crippen LogP) is 4.80. The minimum atomic E-state index is -0.283. The van der Waals surface area contributed by atoms with Crippen LogP contribution in [0.15, 0.2) is 71.3 Å². The lowest BCUT2D eigenvalue weighted by Gasteiger charge is -2.29. The Kier molecular flexibility index (Phi) is 5.31. The highest BCUT2D eigenvalue weighted by molar-refractivity contribution is 5.80. The number of aromatic nitrogens is 3. The number of nitrogens with zero attached hydrogens (tertiary/aromatic N) is 4. The van der Waals surface area contributed by atoms with Crippen LogP contribution in [0.4, 0.5) is 4.79 Å². The van der Waals surface area contributed by atoms with Crippen molar-refractivity contribution >= 4 is 17.0 Å². The van der Waals surface area contributed by atoms with Gasteiger partial charge in [-0.1, -0.05) is 59.8 Å². The molecule has 0 radical (unpaired) electrons. The zero-order valence-electron chi connectivity index (χ0n) is 17.0. The number of ether oxygens (including phenoxy) is 1. The average Bonchev–Trinajstić information content (AvgIpc) is 3.33. The number of piperidine rings is 1. The van der Waals surface area contributed by atoms with Crippen LogP contribution in [-0.2, 0) is 11.3 Å². The molecule has 2 aromatic carbocycles. The molecule has 0 saturated carbocycles. The van der Waals surface area contributed by atoms with Crippen molar-refractivity contribution in [3.8, 4) is 11.5 Å². The molecule has 1 aliphatic rings. The third-order valence-corrected chi connectivity index (χ3v) is 5.58. The fourth-order valence-corrected chi connectivity index (χ4v) is 3.82. The van der Waals surface area contributed by atoms with Crippen LogP contribution in [0.25, 0.3) is 22.4 Å². The van der Waals surface area contributed by atoms with E-state index in [0.29, 0.717) is 30.5 Å². The molecule has 0 unspecified atom stereocenters. The van der Waals surface area contributed by atoms with Crippen LogP contribution in [0, 0.1) is 0 Å². The maximum atomic E-state index is 12.4. The Morgan fingerprint density at radius 2 is 1.74 bits per heavy atom. The van der Waals surface area contributed by atoms with Gasteiger partial charge in [-0.25, -0.2) is 9.78 Å². The molecule has 3 heterocycles. The molecule has 0 atom stereocenters. The van der Waals surface area contributed by atoms with E-state index in [-0.39, 0.29) is 18.6 Å². The summed E-state index contributed by atoms with van der Waals surface area (Å²) in [6.07, 6.45) is 1.23. The zero-order valence-corrected chi connectivity index (χ0v) is 17.0. The van der Waals surface area contributed by atoms with E-state index in [1.165, 1.54) is 0 Å². The quantitative estimate of drug-likeness (QED) is 0.477. The summed E-state index contributed by atoms with van der Waals surface area (Å²) < 4.78 is 11.0. The molecular weight excluding hydrogens is 392 g/mol. The minimum Gasteiger partial charge on any atom is -0.445 e. The molecule has 0 spiro atoms. The molecule has 5 rings (SSSR count). The lowest BCUT2D eigenvalue weighted by molar-refractivity contribution is 0.0852. The molecule has 0 N–H and O–H groups in total. The zero-order chi connectivity index (χ0) is 21.0. The molecule has 4 aromatic rings. The van der Waals surface area contributed by atoms with E-state index >= 15 is 0 Å². The fourth-order valence-electron chi connectivity index (χ4n) is 3.82. The number of hydrogen-bond donors (Lipinski definition) is 0. The van der Waals surface area contributed by atoms with Gasteiger partial charge in [0.05, 0.1) is 5.52 Å². The van der Waals surface area contributed by atoms with Gasteiger partial charge >= 0.3 is 6.09 Å². The van der Waals surface area contributed by atoms with Gasteiger partial charge in [-0.05, 0) is 30.5 Å². The van der Waals surface area contributed by atoms with Gasteiger partial charge in [0, 0.05) is 24.4 Å². The molecule has 0 aliphatic carbocycles. The first-order valence-electron chi connectivity index (χ1n) is 10.4. The Morgan fingerprint density at radius 1 is 0.968 bits per heavy atom. The average molecular weight is 414 g/mol. The van der Waals surface area contributed by atoms with Crippen molar-refractivity contribution in [2.75, 3.05) is 13.1 Å². The van der Waals surface area contributed by atoms with Crippen molar-refractivity contribution in [3.63, 3.8) is 0 Å². The molecule has 31 heavy (non-hydrogen) atoms. The van der Waals surface area contributed by atoms with E-state index < -0.39 is 0 Å². The molecule has 7 nitrogen and oxygen atoms in total. The summed E-state index contributed by atoms with van der Waals surface area (Å²) in [7, 11) is 0. The Morgan fingerprint density at radius 3 is 2.58 bits per heavy atom. The number of pyridine rings is 1. The highest BCUT2D eigenvalue weighted by atomic mass is 16.6. The maximum Gasteiger partial charge on any atom is 0.410 e. The number of likely N-dealkylation sites (tertiary alicyclic amines) is 1. The van der Waals surface area contributed by atoms with Gasteiger partial charge in [-0.2, -0.15) is 4.98 Å². The summed E-state index contributed by atoms with van der Waals surface area (Å²) >= 11 is 0. The van der Waals surface area contributed by atoms with Crippen LogP contribution in [0.3, 0.4) is 0 Å². The molecular formula is C24H22N4O3. The largest absolute Gasteiger partial charge is 0.445 e. The monoisotopic (exact) mass is 414 g/mol. The standard InChI is InChI=1S/C24H22N4O3/c29-24(30-16-17-6-2-1-3-7-17)28-14-12-19(13-15-28)23-26-22(27-31-23)21-11-10-18-8-4-5-9-20(18)25-21/h1-11,19H,12-16H2. The van der Waals surface area contributed by atoms with Crippen molar-refractivity contribution in [1.82, 2.24) is 20.0 Å². The van der Waals surface area contributed by atoms with Crippen LogP contribution >= 0.6 is 0 Å². The molecule has 1 saturated heterocycles. The van der Waals surface area contributed by atoms with Crippen LogP contribution in [0.2, 0.25) is 0 Å². The van der Waals surface area contributed by atoms with Crippen molar-refractivity contribution in [2.45, 2.75) is 25.4 Å². The second-order valence-electron chi connectivity index (χ2n) is 7.65. The lowest BCUT2D eigenvalue weighted by atomic mass is 9.97. The Bertz CT molecular complexity index is 1180. The summed E-state index contributed by atoms with van der Waals surface area (Å²) in [5, 5.41) is 5.20. The number of carbonyl (C=O) groups is 1. The van der Waals surface area contributed by atoms with E-state index in [1.54, 1.807) is 4.90 Å². The van der Waals surface area contributed by atoms with E-state index in [4.69, 9.17) is 9.26 Å². The van der Waals surface area contributed by atoms with Gasteiger partial charge < -0.3 is 14.2 Å². The van der Waals surface area contributed by atoms with Crippen LogP contribution < -0.4 is 0 Å². The normalized spacial score (nSPS) is 14.6. The van der Waals surface area contributed by atoms with Gasteiger partial charge in [0.1, 0.15) is 12.3 Å². The van der Waals surface area contributed by atoms with Gasteiger partial charge in [0.15, 0.2) is 0 Å². The summed E-state index contributed by atoms with van der Waals surface area (Å²) in [6, 6.07) is 21.5. The second-order valence-corrected chi connectivity index (χ2v) is 7.65. The molecule has 1 fully saturated rings. The summed E-state index contributed by atoms with van der Waals surface area (Å²) in [4.78, 5) is 23.3. The number of fused-ring (bicyclic) bond motifs is 1. The van der Waals surface area contributed by atoms with Gasteiger partial charge in [0.25, 0.3) is 0 Å². The number of para-hydroxylation sites is 1. The Labute approximate surface area is 179 Å². The molecule has 1 amide bonds. The van der Waals surface area contributed by atoms with Crippen molar-refractivity contribution < 1.29 is 14.1 Å². The van der Waals surface area contributed by atoms with E-state index in [2.05, 4.69) is 15.1 Å². The van der Waals surface area contributed by atoms with Crippen molar-refractivity contribution in [3.05, 3.63) is 78.2 Å².